The summed E-state index contributed by atoms with van der Waals surface area (Å²) in [6.07, 6.45) is 1.76. The van der Waals surface area contributed by atoms with Gasteiger partial charge in [0.15, 0.2) is 5.76 Å². The van der Waals surface area contributed by atoms with Gasteiger partial charge in [-0.15, -0.1) is 0 Å². The summed E-state index contributed by atoms with van der Waals surface area (Å²) in [5, 5.41) is 6.16. The normalized spacial score (nSPS) is 11.6. The first-order chi connectivity index (χ1) is 13.0. The zero-order valence-corrected chi connectivity index (χ0v) is 15.5. The number of halogens is 1. The number of nitrogens with one attached hydrogen (secondary N) is 2. The van der Waals surface area contributed by atoms with Crippen molar-refractivity contribution in [3.8, 4) is 0 Å². The maximum absolute atomic E-state index is 12.9. The predicted octanol–water partition coefficient (Wildman–Crippen LogP) is 4.22. The first-order valence-corrected chi connectivity index (χ1v) is 8.86. The molecule has 0 bridgehead atoms. The van der Waals surface area contributed by atoms with E-state index < -0.39 is 11.9 Å². The number of hydrogen-bond acceptors (Lipinski definition) is 3. The van der Waals surface area contributed by atoms with Crippen molar-refractivity contribution in [3.63, 3.8) is 0 Å². The molecule has 0 saturated heterocycles. The van der Waals surface area contributed by atoms with E-state index in [9.17, 15) is 9.59 Å². The van der Waals surface area contributed by atoms with Gasteiger partial charge in [-0.2, -0.15) is 0 Å². The maximum atomic E-state index is 12.9. The summed E-state index contributed by atoms with van der Waals surface area (Å²) in [6, 6.07) is 17.2. The summed E-state index contributed by atoms with van der Waals surface area (Å²) in [5.74, 6) is -0.622. The van der Waals surface area contributed by atoms with Gasteiger partial charge in [0.05, 0.1) is 6.26 Å². The van der Waals surface area contributed by atoms with Crippen LogP contribution < -0.4 is 10.6 Å². The molecule has 0 aliphatic carbocycles. The number of carbonyl (C=O) groups is 2. The minimum atomic E-state index is -0.775. The lowest BCUT2D eigenvalue weighted by molar-refractivity contribution is -0.118. The number of hydrogen-bond donors (Lipinski definition) is 2. The molecule has 1 unspecified atom stereocenters. The van der Waals surface area contributed by atoms with Gasteiger partial charge in [-0.25, -0.2) is 0 Å². The summed E-state index contributed by atoms with van der Waals surface area (Å²) in [7, 11) is 0. The highest BCUT2D eigenvalue weighted by atomic mass is 35.5. The first-order valence-electron chi connectivity index (χ1n) is 8.49. The van der Waals surface area contributed by atoms with E-state index in [1.54, 1.807) is 30.3 Å². The number of benzene rings is 2. The van der Waals surface area contributed by atoms with Gasteiger partial charge < -0.3 is 15.1 Å². The Morgan fingerprint density at radius 3 is 2.52 bits per heavy atom. The Balaban J connectivity index is 1.80. The molecule has 2 amide bonds. The van der Waals surface area contributed by atoms with Crippen molar-refractivity contribution >= 4 is 29.1 Å². The van der Waals surface area contributed by atoms with Crippen LogP contribution in [0, 0.1) is 6.92 Å². The molecule has 0 aliphatic rings. The van der Waals surface area contributed by atoms with Gasteiger partial charge in [-0.05, 0) is 42.3 Å². The second-order valence-corrected chi connectivity index (χ2v) is 6.50. The molecule has 3 rings (SSSR count). The fraction of sp³-hybridized carbons (Fsp3) is 0.143. The second kappa shape index (κ2) is 8.56. The highest BCUT2D eigenvalue weighted by Crippen LogP contribution is 2.23. The maximum Gasteiger partial charge on any atom is 0.287 e. The van der Waals surface area contributed by atoms with E-state index in [0.717, 1.165) is 11.1 Å². The molecule has 2 aromatic carbocycles. The molecule has 2 N–H and O–H groups in total. The van der Waals surface area contributed by atoms with Crippen molar-refractivity contribution < 1.29 is 14.0 Å². The molecule has 3 aromatic rings. The van der Waals surface area contributed by atoms with Gasteiger partial charge in [0, 0.05) is 17.1 Å². The van der Waals surface area contributed by atoms with E-state index in [0.29, 0.717) is 17.1 Å². The van der Waals surface area contributed by atoms with Crippen molar-refractivity contribution in [3.05, 3.63) is 88.8 Å². The average molecular weight is 383 g/mol. The Kier molecular flexibility index (Phi) is 5.94. The molecule has 0 spiro atoms. The van der Waals surface area contributed by atoms with Crippen LogP contribution in [-0.4, -0.2) is 17.9 Å². The van der Waals surface area contributed by atoms with Crippen molar-refractivity contribution in [2.75, 3.05) is 5.32 Å². The number of furan rings is 1. The lowest BCUT2D eigenvalue weighted by Gasteiger charge is -2.19. The van der Waals surface area contributed by atoms with Gasteiger partial charge in [0.25, 0.3) is 5.91 Å². The molecule has 27 heavy (non-hydrogen) atoms. The summed E-state index contributed by atoms with van der Waals surface area (Å²) in [6.45, 7) is 1.82. The van der Waals surface area contributed by atoms with Gasteiger partial charge in [0.2, 0.25) is 5.91 Å². The van der Waals surface area contributed by atoms with Crippen molar-refractivity contribution in [1.29, 1.82) is 0 Å². The third-order valence-corrected chi connectivity index (χ3v) is 4.58. The molecule has 138 valence electrons. The zero-order chi connectivity index (χ0) is 19.2. The molecule has 5 nitrogen and oxygen atoms in total. The van der Waals surface area contributed by atoms with Gasteiger partial charge in [-0.1, -0.05) is 48.0 Å². The summed E-state index contributed by atoms with van der Waals surface area (Å²) in [5.41, 5.74) is 2.31. The Labute approximate surface area is 162 Å². The molecular formula is C21H19ClN2O3. The molecule has 0 radical (unpaired) electrons. The molecule has 0 fully saturated rings. The molecule has 6 heteroatoms. The summed E-state index contributed by atoms with van der Waals surface area (Å²) in [4.78, 5) is 25.3. The quantitative estimate of drug-likeness (QED) is 0.670. The van der Waals surface area contributed by atoms with Crippen molar-refractivity contribution in [2.45, 2.75) is 19.4 Å². The third kappa shape index (κ3) is 4.77. The molecule has 1 atom stereocenters. The average Bonchev–Trinajstić information content (AvgIpc) is 3.20. The van der Waals surface area contributed by atoms with Crippen LogP contribution in [-0.2, 0) is 11.2 Å². The van der Waals surface area contributed by atoms with Crippen molar-refractivity contribution in [1.82, 2.24) is 5.32 Å². The number of anilines is 1. The number of carbonyl (C=O) groups excluding carboxylic acids is 2. The Morgan fingerprint density at radius 2 is 1.81 bits per heavy atom. The topological polar surface area (TPSA) is 71.3 Å². The number of rotatable bonds is 6. The van der Waals surface area contributed by atoms with E-state index in [4.69, 9.17) is 16.0 Å². The molecular weight excluding hydrogens is 364 g/mol. The lowest BCUT2D eigenvalue weighted by atomic mass is 10.0. The zero-order valence-electron chi connectivity index (χ0n) is 14.7. The minimum Gasteiger partial charge on any atom is -0.459 e. The van der Waals surface area contributed by atoms with Crippen LogP contribution in [0.15, 0.2) is 71.3 Å². The largest absolute Gasteiger partial charge is 0.459 e. The van der Waals surface area contributed by atoms with Crippen LogP contribution in [0.2, 0.25) is 5.02 Å². The van der Waals surface area contributed by atoms with E-state index in [1.165, 1.54) is 6.26 Å². The fourth-order valence-electron chi connectivity index (χ4n) is 2.66. The summed E-state index contributed by atoms with van der Waals surface area (Å²) >= 11 is 6.13. The second-order valence-electron chi connectivity index (χ2n) is 6.09. The van der Waals surface area contributed by atoms with Crippen molar-refractivity contribution in [2.24, 2.45) is 0 Å². The van der Waals surface area contributed by atoms with Gasteiger partial charge >= 0.3 is 0 Å². The smallest absolute Gasteiger partial charge is 0.287 e. The van der Waals surface area contributed by atoms with Crippen LogP contribution >= 0.6 is 11.6 Å². The van der Waals surface area contributed by atoms with E-state index in [1.807, 2.05) is 37.3 Å². The highest BCUT2D eigenvalue weighted by molar-refractivity contribution is 6.31. The van der Waals surface area contributed by atoms with E-state index >= 15 is 0 Å². The number of amides is 2. The third-order valence-electron chi connectivity index (χ3n) is 4.17. The Morgan fingerprint density at radius 1 is 1.04 bits per heavy atom. The van der Waals surface area contributed by atoms with Gasteiger partial charge in [-0.3, -0.25) is 9.59 Å². The fourth-order valence-corrected chi connectivity index (χ4v) is 2.83. The predicted molar refractivity (Wildman–Crippen MR) is 105 cm³/mol. The monoisotopic (exact) mass is 382 g/mol. The standard InChI is InChI=1S/C21H19ClN2O3/c1-14-16(22)9-5-10-17(14)23-20(25)18(13-15-7-3-2-4-8-15)24-21(26)19-11-6-12-27-19/h2-12,18H,13H2,1H3,(H,23,25)(H,24,26). The van der Waals surface area contributed by atoms with Crippen LogP contribution in [0.1, 0.15) is 21.7 Å². The lowest BCUT2D eigenvalue weighted by Crippen LogP contribution is -2.45. The molecule has 1 aromatic heterocycles. The Hall–Kier alpha value is -3.05. The van der Waals surface area contributed by atoms with Crippen LogP contribution in [0.5, 0.6) is 0 Å². The van der Waals surface area contributed by atoms with Crippen LogP contribution in [0.25, 0.3) is 0 Å². The van der Waals surface area contributed by atoms with E-state index in [2.05, 4.69) is 10.6 Å². The summed E-state index contributed by atoms with van der Waals surface area (Å²) < 4.78 is 5.12. The molecule has 1 heterocycles. The SMILES string of the molecule is Cc1c(Cl)cccc1NC(=O)C(Cc1ccccc1)NC(=O)c1ccco1. The van der Waals surface area contributed by atoms with Crippen LogP contribution in [0.4, 0.5) is 5.69 Å². The van der Waals surface area contributed by atoms with Crippen LogP contribution in [0.3, 0.4) is 0 Å². The molecule has 0 saturated carbocycles. The van der Waals surface area contributed by atoms with E-state index in [-0.39, 0.29) is 11.7 Å². The first kappa shape index (κ1) is 18.7. The molecule has 0 aliphatic heterocycles. The Bertz CT molecular complexity index is 924. The van der Waals surface area contributed by atoms with Gasteiger partial charge in [0.1, 0.15) is 6.04 Å². The highest BCUT2D eigenvalue weighted by Gasteiger charge is 2.23. The minimum absolute atomic E-state index is 0.153.